The van der Waals surface area contributed by atoms with E-state index in [4.69, 9.17) is 11.6 Å². The highest BCUT2D eigenvalue weighted by atomic mass is 35.5. The Balaban J connectivity index is 2.03. The lowest BCUT2D eigenvalue weighted by atomic mass is 10.0. The Morgan fingerprint density at radius 3 is 2.53 bits per heavy atom. The molecule has 2 nitrogen and oxygen atoms in total. The highest BCUT2D eigenvalue weighted by molar-refractivity contribution is 6.17. The van der Waals surface area contributed by atoms with Crippen LogP contribution in [0.15, 0.2) is 12.1 Å². The molecule has 1 aromatic rings. The van der Waals surface area contributed by atoms with Crippen LogP contribution in [-0.2, 0) is 0 Å². The third kappa shape index (κ3) is 3.03. The van der Waals surface area contributed by atoms with Gasteiger partial charge in [-0.3, -0.25) is 4.79 Å². The van der Waals surface area contributed by atoms with Crippen molar-refractivity contribution < 1.29 is 18.0 Å². The number of amides is 1. The second-order valence-electron chi connectivity index (χ2n) is 4.84. The summed E-state index contributed by atoms with van der Waals surface area (Å²) in [5, 5.41) is 2.55. The smallest absolute Gasteiger partial charge is 0.254 e. The summed E-state index contributed by atoms with van der Waals surface area (Å²) in [4.78, 5) is 11.7. The van der Waals surface area contributed by atoms with Crippen LogP contribution in [0.2, 0.25) is 0 Å². The molecule has 19 heavy (non-hydrogen) atoms. The van der Waals surface area contributed by atoms with E-state index in [1.54, 1.807) is 0 Å². The monoisotopic (exact) mass is 291 g/mol. The van der Waals surface area contributed by atoms with E-state index in [1.807, 2.05) is 0 Å². The lowest BCUT2D eigenvalue weighted by Gasteiger charge is -2.14. The zero-order chi connectivity index (χ0) is 14.0. The Morgan fingerprint density at radius 1 is 1.26 bits per heavy atom. The van der Waals surface area contributed by atoms with Gasteiger partial charge in [-0.25, -0.2) is 13.2 Å². The molecule has 0 saturated heterocycles. The van der Waals surface area contributed by atoms with E-state index in [-0.39, 0.29) is 5.41 Å². The molecular weight excluding hydrogens is 279 g/mol. The van der Waals surface area contributed by atoms with Gasteiger partial charge in [-0.2, -0.15) is 0 Å². The van der Waals surface area contributed by atoms with Crippen molar-refractivity contribution in [2.45, 2.75) is 19.3 Å². The quantitative estimate of drug-likeness (QED) is 0.655. The Hall–Kier alpha value is -1.23. The zero-order valence-electron chi connectivity index (χ0n) is 10.1. The van der Waals surface area contributed by atoms with Crippen LogP contribution in [0.5, 0.6) is 0 Å². The zero-order valence-corrected chi connectivity index (χ0v) is 10.9. The number of rotatable bonds is 5. The number of halogens is 4. The predicted molar refractivity (Wildman–Crippen MR) is 65.7 cm³/mol. The summed E-state index contributed by atoms with van der Waals surface area (Å²) in [7, 11) is 0. The van der Waals surface area contributed by atoms with Crippen LogP contribution >= 0.6 is 11.6 Å². The number of carbonyl (C=O) groups excluding carboxylic acids is 1. The van der Waals surface area contributed by atoms with Crippen molar-refractivity contribution >= 4 is 17.5 Å². The van der Waals surface area contributed by atoms with Crippen LogP contribution in [0.4, 0.5) is 13.2 Å². The normalized spacial score (nSPS) is 16.2. The van der Waals surface area contributed by atoms with Crippen molar-refractivity contribution in [1.29, 1.82) is 0 Å². The number of benzene rings is 1. The van der Waals surface area contributed by atoms with Gasteiger partial charge in [-0.05, 0) is 36.8 Å². The summed E-state index contributed by atoms with van der Waals surface area (Å²) in [5.41, 5.74) is -0.493. The van der Waals surface area contributed by atoms with Crippen molar-refractivity contribution in [3.63, 3.8) is 0 Å². The molecule has 0 bridgehead atoms. The molecule has 0 heterocycles. The van der Waals surface area contributed by atoms with Gasteiger partial charge in [0.25, 0.3) is 5.91 Å². The SMILES string of the molecule is O=C(NCC1(CCCl)CC1)c1ccc(F)c(F)c1F. The summed E-state index contributed by atoms with van der Waals surface area (Å²) in [6.07, 6.45) is 2.69. The summed E-state index contributed by atoms with van der Waals surface area (Å²) in [5.74, 6) is -4.64. The summed E-state index contributed by atoms with van der Waals surface area (Å²) >= 11 is 5.66. The number of nitrogens with one attached hydrogen (secondary N) is 1. The molecular formula is C13H13ClF3NO. The minimum atomic E-state index is -1.63. The standard InChI is InChI=1S/C13H13ClF3NO/c14-6-5-13(3-4-13)7-18-12(19)8-1-2-9(15)11(17)10(8)16/h1-2H,3-7H2,(H,18,19). The average Bonchev–Trinajstić information content (AvgIpc) is 3.14. The predicted octanol–water partition coefficient (Wildman–Crippen LogP) is 3.24. The third-order valence-corrected chi connectivity index (χ3v) is 3.67. The molecule has 0 aliphatic heterocycles. The number of carbonyl (C=O) groups is 1. The molecule has 1 aromatic carbocycles. The molecule has 1 aliphatic rings. The van der Waals surface area contributed by atoms with Gasteiger partial charge in [-0.15, -0.1) is 11.6 Å². The topological polar surface area (TPSA) is 29.1 Å². The molecule has 2 rings (SSSR count). The molecule has 1 saturated carbocycles. The largest absolute Gasteiger partial charge is 0.351 e. The molecule has 1 aliphatic carbocycles. The van der Waals surface area contributed by atoms with E-state index >= 15 is 0 Å². The van der Waals surface area contributed by atoms with Crippen LogP contribution in [0.3, 0.4) is 0 Å². The van der Waals surface area contributed by atoms with Crippen LogP contribution in [0.1, 0.15) is 29.6 Å². The number of hydrogen-bond acceptors (Lipinski definition) is 1. The maximum absolute atomic E-state index is 13.4. The van der Waals surface area contributed by atoms with Crippen molar-refractivity contribution in [2.24, 2.45) is 5.41 Å². The second kappa shape index (κ2) is 5.41. The van der Waals surface area contributed by atoms with E-state index in [1.165, 1.54) is 0 Å². The third-order valence-electron chi connectivity index (χ3n) is 3.49. The van der Waals surface area contributed by atoms with Crippen molar-refractivity contribution in [3.05, 3.63) is 35.1 Å². The molecule has 1 N–H and O–H groups in total. The molecule has 0 unspecified atom stereocenters. The van der Waals surface area contributed by atoms with Crippen LogP contribution in [-0.4, -0.2) is 18.3 Å². The lowest BCUT2D eigenvalue weighted by molar-refractivity contribution is 0.0939. The van der Waals surface area contributed by atoms with E-state index in [2.05, 4.69) is 5.32 Å². The molecule has 0 spiro atoms. The van der Waals surface area contributed by atoms with Crippen molar-refractivity contribution in [1.82, 2.24) is 5.32 Å². The number of alkyl halides is 1. The molecule has 0 radical (unpaired) electrons. The van der Waals surface area contributed by atoms with Gasteiger partial charge in [0.15, 0.2) is 17.5 Å². The molecule has 6 heteroatoms. The molecule has 104 valence electrons. The average molecular weight is 292 g/mol. The maximum atomic E-state index is 13.4. The first-order valence-electron chi connectivity index (χ1n) is 5.97. The summed E-state index contributed by atoms with van der Waals surface area (Å²) in [6.45, 7) is 0.372. The fraction of sp³-hybridized carbons (Fsp3) is 0.462. The molecule has 0 aromatic heterocycles. The van der Waals surface area contributed by atoms with Crippen molar-refractivity contribution in [3.8, 4) is 0 Å². The molecule has 0 atom stereocenters. The summed E-state index contributed by atoms with van der Waals surface area (Å²) in [6, 6.07) is 1.67. The Bertz CT molecular complexity index is 503. The Labute approximate surface area is 113 Å². The Kier molecular flexibility index (Phi) is 4.04. The van der Waals surface area contributed by atoms with Gasteiger partial charge in [-0.1, -0.05) is 0 Å². The van der Waals surface area contributed by atoms with Gasteiger partial charge >= 0.3 is 0 Å². The van der Waals surface area contributed by atoms with Crippen molar-refractivity contribution in [2.75, 3.05) is 12.4 Å². The fourth-order valence-corrected chi connectivity index (χ4v) is 2.36. The van der Waals surface area contributed by atoms with Gasteiger partial charge in [0.2, 0.25) is 0 Å². The molecule has 1 fully saturated rings. The van der Waals surface area contributed by atoms with Gasteiger partial charge in [0.1, 0.15) is 0 Å². The van der Waals surface area contributed by atoms with Gasteiger partial charge in [0.05, 0.1) is 5.56 Å². The Morgan fingerprint density at radius 2 is 1.95 bits per heavy atom. The minimum Gasteiger partial charge on any atom is -0.351 e. The first kappa shape index (κ1) is 14.2. The highest BCUT2D eigenvalue weighted by Gasteiger charge is 2.41. The first-order valence-corrected chi connectivity index (χ1v) is 6.50. The van der Waals surface area contributed by atoms with Crippen LogP contribution in [0, 0.1) is 22.9 Å². The first-order chi connectivity index (χ1) is 8.99. The van der Waals surface area contributed by atoms with E-state index in [0.717, 1.165) is 31.4 Å². The van der Waals surface area contributed by atoms with E-state index in [0.29, 0.717) is 12.4 Å². The van der Waals surface area contributed by atoms with Gasteiger partial charge in [0, 0.05) is 12.4 Å². The van der Waals surface area contributed by atoms with Crippen LogP contribution < -0.4 is 5.32 Å². The summed E-state index contributed by atoms with van der Waals surface area (Å²) < 4.78 is 39.2. The fourth-order valence-electron chi connectivity index (χ4n) is 1.96. The molecule has 1 amide bonds. The van der Waals surface area contributed by atoms with E-state index < -0.39 is 28.9 Å². The lowest BCUT2D eigenvalue weighted by Crippen LogP contribution is -2.31. The van der Waals surface area contributed by atoms with E-state index in [9.17, 15) is 18.0 Å². The number of hydrogen-bond donors (Lipinski definition) is 1. The second-order valence-corrected chi connectivity index (χ2v) is 5.22. The minimum absolute atomic E-state index is 0.00748. The van der Waals surface area contributed by atoms with Gasteiger partial charge < -0.3 is 5.32 Å². The van der Waals surface area contributed by atoms with Crippen LogP contribution in [0.25, 0.3) is 0 Å². The highest BCUT2D eigenvalue weighted by Crippen LogP contribution is 2.48. The maximum Gasteiger partial charge on any atom is 0.254 e.